The molecule has 0 unspecified atom stereocenters. The summed E-state index contributed by atoms with van der Waals surface area (Å²) in [5, 5.41) is 10.2. The Hall–Kier alpha value is -1.93. The number of rotatable bonds is 11. The van der Waals surface area contributed by atoms with Crippen molar-refractivity contribution in [3.63, 3.8) is 0 Å². The third-order valence-corrected chi connectivity index (χ3v) is 7.29. The molecular weight excluding hydrogens is 412 g/mol. The van der Waals surface area contributed by atoms with Gasteiger partial charge >= 0.3 is 5.97 Å². The average Bonchev–Trinajstić information content (AvgIpc) is 3.39. The van der Waals surface area contributed by atoms with Gasteiger partial charge < -0.3 is 24.4 Å². The minimum absolute atomic E-state index is 0.0729. The predicted octanol–water partition coefficient (Wildman–Crippen LogP) is 1.76. The van der Waals surface area contributed by atoms with Crippen LogP contribution in [0, 0.1) is 17.8 Å². The second kappa shape index (κ2) is 9.91. The molecule has 3 heterocycles. The van der Waals surface area contributed by atoms with Gasteiger partial charge in [0.2, 0.25) is 11.8 Å². The smallest absolute Gasteiger partial charge is 0.312 e. The fourth-order valence-electron chi connectivity index (χ4n) is 5.82. The number of amides is 2. The average molecular weight is 451 g/mol. The molecule has 1 N–H and O–H groups in total. The first-order chi connectivity index (χ1) is 15.3. The van der Waals surface area contributed by atoms with Crippen LogP contribution in [0.1, 0.15) is 53.4 Å². The number of carbonyl (C=O) groups is 3. The predicted molar refractivity (Wildman–Crippen MR) is 118 cm³/mol. The van der Waals surface area contributed by atoms with Crippen LogP contribution in [-0.4, -0.2) is 82.8 Å². The van der Waals surface area contributed by atoms with Gasteiger partial charge in [0.15, 0.2) is 0 Å². The number of aliphatic hydroxyl groups excluding tert-OH is 1. The number of likely N-dealkylation sites (tertiary alicyclic amines) is 1. The first-order valence-corrected chi connectivity index (χ1v) is 12.0. The number of hydrogen-bond donors (Lipinski definition) is 1. The summed E-state index contributed by atoms with van der Waals surface area (Å²) in [6.07, 6.45) is 4.16. The van der Waals surface area contributed by atoms with Crippen molar-refractivity contribution in [3.05, 3.63) is 12.7 Å². The van der Waals surface area contributed by atoms with Gasteiger partial charge in [-0.15, -0.1) is 6.58 Å². The van der Waals surface area contributed by atoms with E-state index < -0.39 is 41.6 Å². The minimum Gasteiger partial charge on any atom is -0.466 e. The summed E-state index contributed by atoms with van der Waals surface area (Å²) in [6.45, 7) is 12.3. The molecular formula is C24H38N2O6. The van der Waals surface area contributed by atoms with Gasteiger partial charge in [-0.3, -0.25) is 14.4 Å². The number of fused-ring (bicyclic) bond motifs is 1. The summed E-state index contributed by atoms with van der Waals surface area (Å²) >= 11 is 0. The number of unbranched alkanes of at least 4 members (excludes halogenated alkanes) is 1. The van der Waals surface area contributed by atoms with E-state index in [-0.39, 0.29) is 30.9 Å². The highest BCUT2D eigenvalue weighted by Crippen LogP contribution is 2.59. The summed E-state index contributed by atoms with van der Waals surface area (Å²) in [7, 11) is 0. The lowest BCUT2D eigenvalue weighted by Gasteiger charge is -2.40. The van der Waals surface area contributed by atoms with Crippen molar-refractivity contribution < 1.29 is 29.0 Å². The zero-order valence-electron chi connectivity index (χ0n) is 19.8. The van der Waals surface area contributed by atoms with Gasteiger partial charge in [-0.05, 0) is 32.1 Å². The number of esters is 1. The van der Waals surface area contributed by atoms with Crippen LogP contribution in [0.15, 0.2) is 12.7 Å². The molecule has 1 spiro atoms. The van der Waals surface area contributed by atoms with Gasteiger partial charge in [-0.1, -0.05) is 33.3 Å². The Balaban J connectivity index is 2.07. The maximum atomic E-state index is 14.0. The summed E-state index contributed by atoms with van der Waals surface area (Å²) < 4.78 is 11.7. The first kappa shape index (κ1) is 24.7. The normalized spacial score (nSPS) is 31.7. The van der Waals surface area contributed by atoms with Gasteiger partial charge in [-0.25, -0.2) is 0 Å². The van der Waals surface area contributed by atoms with Crippen LogP contribution in [-0.2, 0) is 23.9 Å². The van der Waals surface area contributed by atoms with Crippen LogP contribution in [0.5, 0.6) is 0 Å². The van der Waals surface area contributed by atoms with Crippen molar-refractivity contribution in [1.82, 2.24) is 9.80 Å². The molecule has 0 aromatic rings. The van der Waals surface area contributed by atoms with Crippen LogP contribution in [0.2, 0.25) is 0 Å². The number of hydrogen-bond acceptors (Lipinski definition) is 6. The topological polar surface area (TPSA) is 96.4 Å². The Morgan fingerprint density at radius 2 is 2.12 bits per heavy atom. The lowest BCUT2D eigenvalue weighted by Crippen LogP contribution is -2.59. The van der Waals surface area contributed by atoms with E-state index in [1.807, 2.05) is 13.8 Å². The maximum Gasteiger partial charge on any atom is 0.312 e. The highest BCUT2D eigenvalue weighted by Gasteiger charge is 2.75. The standard InChI is InChI=1S/C24H38N2O6/c1-6-9-13-25(12-7-2)22(29)20-24-11-10-17(32-24)18(23(30)31-8-3)19(24)21(28)26(20)16(14-27)15(4)5/h7,15-20,27H,2,6,8-14H2,1,3-5H3/t16-,17+,18-,19-,20+,24-/m0/s1. The summed E-state index contributed by atoms with van der Waals surface area (Å²) in [6, 6.07) is -1.42. The van der Waals surface area contributed by atoms with E-state index >= 15 is 0 Å². The van der Waals surface area contributed by atoms with E-state index in [0.717, 1.165) is 12.8 Å². The number of carbonyl (C=O) groups excluding carboxylic acids is 3. The Labute approximate surface area is 190 Å². The molecule has 0 aromatic heterocycles. The SMILES string of the molecule is C=CCN(CCCC)C(=O)[C@H]1N([C@@H](CO)C(C)C)C(=O)[C@@H]2[C@@H](C(=O)OCC)[C@H]3CC[C@]21O3. The van der Waals surface area contributed by atoms with Gasteiger partial charge in [0.1, 0.15) is 11.6 Å². The summed E-state index contributed by atoms with van der Waals surface area (Å²) in [5.74, 6) is -2.48. The van der Waals surface area contributed by atoms with Crippen molar-refractivity contribution in [2.45, 2.75) is 77.2 Å². The molecule has 8 heteroatoms. The van der Waals surface area contributed by atoms with E-state index in [0.29, 0.717) is 25.9 Å². The summed E-state index contributed by atoms with van der Waals surface area (Å²) in [4.78, 5) is 43.9. The molecule has 3 fully saturated rings. The number of aliphatic hydroxyl groups is 1. The zero-order valence-corrected chi connectivity index (χ0v) is 19.8. The maximum absolute atomic E-state index is 14.0. The molecule has 0 aromatic carbocycles. The van der Waals surface area contributed by atoms with Crippen LogP contribution in [0.25, 0.3) is 0 Å². The third-order valence-electron chi connectivity index (χ3n) is 7.29. The molecule has 0 saturated carbocycles. The van der Waals surface area contributed by atoms with Gasteiger partial charge in [0.25, 0.3) is 0 Å². The lowest BCUT2D eigenvalue weighted by atomic mass is 9.70. The Morgan fingerprint density at radius 3 is 2.69 bits per heavy atom. The van der Waals surface area contributed by atoms with Gasteiger partial charge in [-0.2, -0.15) is 0 Å². The van der Waals surface area contributed by atoms with Crippen molar-refractivity contribution >= 4 is 17.8 Å². The molecule has 6 atom stereocenters. The van der Waals surface area contributed by atoms with E-state index in [1.165, 1.54) is 4.90 Å². The van der Waals surface area contributed by atoms with E-state index in [1.54, 1.807) is 17.9 Å². The fourth-order valence-corrected chi connectivity index (χ4v) is 5.82. The van der Waals surface area contributed by atoms with Crippen molar-refractivity contribution in [2.24, 2.45) is 17.8 Å². The lowest BCUT2D eigenvalue weighted by molar-refractivity contribution is -0.156. The Morgan fingerprint density at radius 1 is 1.41 bits per heavy atom. The van der Waals surface area contributed by atoms with E-state index in [9.17, 15) is 19.5 Å². The first-order valence-electron chi connectivity index (χ1n) is 12.0. The van der Waals surface area contributed by atoms with Crippen LogP contribution in [0.4, 0.5) is 0 Å². The molecule has 32 heavy (non-hydrogen) atoms. The van der Waals surface area contributed by atoms with Crippen molar-refractivity contribution in [3.8, 4) is 0 Å². The highest BCUT2D eigenvalue weighted by atomic mass is 16.6. The van der Waals surface area contributed by atoms with Gasteiger partial charge in [0, 0.05) is 13.1 Å². The Bertz CT molecular complexity index is 740. The van der Waals surface area contributed by atoms with Crippen LogP contribution < -0.4 is 0 Å². The highest BCUT2D eigenvalue weighted by molar-refractivity contribution is 5.98. The fraction of sp³-hybridized carbons (Fsp3) is 0.792. The molecule has 2 amide bonds. The zero-order chi connectivity index (χ0) is 23.6. The number of nitrogens with zero attached hydrogens (tertiary/aromatic N) is 2. The number of ether oxygens (including phenoxy) is 2. The molecule has 3 rings (SSSR count). The minimum atomic E-state index is -1.07. The second-order valence-electron chi connectivity index (χ2n) is 9.47. The monoisotopic (exact) mass is 450 g/mol. The van der Waals surface area contributed by atoms with Crippen LogP contribution in [0.3, 0.4) is 0 Å². The van der Waals surface area contributed by atoms with Crippen molar-refractivity contribution in [1.29, 1.82) is 0 Å². The molecule has 8 nitrogen and oxygen atoms in total. The van der Waals surface area contributed by atoms with Gasteiger partial charge in [0.05, 0.1) is 37.2 Å². The van der Waals surface area contributed by atoms with E-state index in [4.69, 9.17) is 9.47 Å². The molecule has 0 radical (unpaired) electrons. The largest absolute Gasteiger partial charge is 0.466 e. The molecule has 2 bridgehead atoms. The molecule has 3 aliphatic rings. The molecule has 0 aliphatic carbocycles. The third kappa shape index (κ3) is 3.85. The quantitative estimate of drug-likeness (QED) is 0.381. The van der Waals surface area contributed by atoms with Crippen molar-refractivity contribution in [2.75, 3.05) is 26.3 Å². The summed E-state index contributed by atoms with van der Waals surface area (Å²) in [5.41, 5.74) is -1.07. The second-order valence-corrected chi connectivity index (χ2v) is 9.47. The molecule has 3 aliphatic heterocycles. The molecule has 3 saturated heterocycles. The molecule has 180 valence electrons. The van der Waals surface area contributed by atoms with Crippen LogP contribution >= 0.6 is 0 Å². The van der Waals surface area contributed by atoms with E-state index in [2.05, 4.69) is 13.5 Å². The Kier molecular flexibility index (Phi) is 7.65.